The number of aliphatic hydroxyl groups is 1. The first kappa shape index (κ1) is 21.5. The van der Waals surface area contributed by atoms with E-state index in [9.17, 15) is 19.2 Å². The molecule has 9 nitrogen and oxygen atoms in total. The Labute approximate surface area is 154 Å². The number of thiol groups is 1. The van der Waals surface area contributed by atoms with Crippen LogP contribution in [0.3, 0.4) is 0 Å². The van der Waals surface area contributed by atoms with Gasteiger partial charge in [0.15, 0.2) is 0 Å². The van der Waals surface area contributed by atoms with Gasteiger partial charge in [0.05, 0.1) is 18.3 Å². The Balaban J connectivity index is 2.76. The fourth-order valence-corrected chi connectivity index (χ4v) is 2.33. The number of aliphatic carboxylic acids is 2. The molecule has 1 aromatic carbocycles. The highest BCUT2D eigenvalue weighted by atomic mass is 32.1. The van der Waals surface area contributed by atoms with Gasteiger partial charge in [0, 0.05) is 0 Å². The molecule has 3 atom stereocenters. The Morgan fingerprint density at radius 3 is 2.04 bits per heavy atom. The lowest BCUT2D eigenvalue weighted by Gasteiger charge is -2.21. The number of nitrogens with one attached hydrogen (secondary N) is 2. The molecule has 0 bridgehead atoms. The van der Waals surface area contributed by atoms with E-state index < -0.39 is 54.1 Å². The number of amides is 2. The van der Waals surface area contributed by atoms with Gasteiger partial charge < -0.3 is 26.0 Å². The van der Waals surface area contributed by atoms with Crippen LogP contribution in [0.2, 0.25) is 0 Å². The topological polar surface area (TPSA) is 153 Å². The summed E-state index contributed by atoms with van der Waals surface area (Å²) in [6, 6.07) is 5.85. The number of aliphatic hydroxyl groups excluding tert-OH is 1. The Hall–Kier alpha value is -2.59. The van der Waals surface area contributed by atoms with Gasteiger partial charge in [-0.05, 0) is 12.0 Å². The van der Waals surface area contributed by atoms with E-state index in [2.05, 4.69) is 17.9 Å². The highest BCUT2D eigenvalue weighted by molar-refractivity contribution is 7.81. The van der Waals surface area contributed by atoms with Crippen molar-refractivity contribution in [3.05, 3.63) is 35.9 Å². The lowest BCUT2D eigenvalue weighted by atomic mass is 10.1. The van der Waals surface area contributed by atoms with Crippen LogP contribution in [0.25, 0.3) is 0 Å². The predicted molar refractivity (Wildman–Crippen MR) is 93.8 cm³/mol. The molecule has 10 heteroatoms. The van der Waals surface area contributed by atoms with E-state index in [4.69, 9.17) is 15.3 Å². The molecule has 5 N–H and O–H groups in total. The van der Waals surface area contributed by atoms with Gasteiger partial charge >= 0.3 is 11.9 Å². The van der Waals surface area contributed by atoms with E-state index in [-0.39, 0.29) is 6.42 Å². The summed E-state index contributed by atoms with van der Waals surface area (Å²) in [5.41, 5.74) is 0.827. The van der Waals surface area contributed by atoms with Crippen LogP contribution in [-0.4, -0.2) is 63.0 Å². The lowest BCUT2D eigenvalue weighted by Crippen LogP contribution is -2.54. The number of carboxylic acid groups (broad SMARTS) is 2. The van der Waals surface area contributed by atoms with Gasteiger partial charge in [0.1, 0.15) is 12.1 Å². The van der Waals surface area contributed by atoms with E-state index in [1.54, 1.807) is 24.3 Å². The molecule has 0 saturated carbocycles. The van der Waals surface area contributed by atoms with Crippen molar-refractivity contribution >= 4 is 36.4 Å². The summed E-state index contributed by atoms with van der Waals surface area (Å²) < 4.78 is 0. The van der Waals surface area contributed by atoms with Gasteiger partial charge in [-0.2, -0.15) is 12.6 Å². The van der Waals surface area contributed by atoms with E-state index >= 15 is 0 Å². The van der Waals surface area contributed by atoms with E-state index in [0.717, 1.165) is 5.56 Å². The average Bonchev–Trinajstić information content (AvgIpc) is 2.58. The first-order valence-corrected chi connectivity index (χ1v) is 8.14. The molecular weight excluding hydrogens is 364 g/mol. The Bertz CT molecular complexity index is 653. The standard InChI is InChI=1S/C16H20N2O7S/c19-8-11(16(24)25)18-14(22)10(7-13(20)21)17-15(23)12(26)6-9-4-2-1-3-5-9/h1-5,10-12,19,26H,6-8H2,(H,17,23)(H,18,22)(H,20,21)(H,24,25)/t10?,11?,12-/m0/s1. The van der Waals surface area contributed by atoms with Gasteiger partial charge in [-0.15, -0.1) is 0 Å². The third-order valence-electron chi connectivity index (χ3n) is 3.38. The summed E-state index contributed by atoms with van der Waals surface area (Å²) in [6.45, 7) is -0.877. The van der Waals surface area contributed by atoms with Crippen LogP contribution in [0.15, 0.2) is 30.3 Å². The van der Waals surface area contributed by atoms with Crippen molar-refractivity contribution in [2.24, 2.45) is 0 Å². The zero-order valence-electron chi connectivity index (χ0n) is 13.7. The first-order chi connectivity index (χ1) is 12.2. The molecule has 0 saturated heterocycles. The van der Waals surface area contributed by atoms with Crippen molar-refractivity contribution in [3.8, 4) is 0 Å². The average molecular weight is 384 g/mol. The minimum Gasteiger partial charge on any atom is -0.481 e. The summed E-state index contributed by atoms with van der Waals surface area (Å²) >= 11 is 4.17. The maximum Gasteiger partial charge on any atom is 0.328 e. The maximum atomic E-state index is 12.2. The van der Waals surface area contributed by atoms with E-state index in [1.165, 1.54) is 0 Å². The fraction of sp³-hybridized carbons (Fsp3) is 0.375. The first-order valence-electron chi connectivity index (χ1n) is 7.62. The van der Waals surface area contributed by atoms with Crippen LogP contribution in [-0.2, 0) is 25.6 Å². The molecule has 0 radical (unpaired) electrons. The van der Waals surface area contributed by atoms with Crippen LogP contribution < -0.4 is 10.6 Å². The fourth-order valence-electron chi connectivity index (χ4n) is 2.04. The molecule has 0 aliphatic heterocycles. The highest BCUT2D eigenvalue weighted by Gasteiger charge is 2.29. The SMILES string of the molecule is O=C(O)CC(NC(=O)[C@@H](S)Cc1ccccc1)C(=O)NC(CO)C(=O)O. The van der Waals surface area contributed by atoms with Gasteiger partial charge in [0.2, 0.25) is 11.8 Å². The van der Waals surface area contributed by atoms with Crippen LogP contribution in [0.4, 0.5) is 0 Å². The van der Waals surface area contributed by atoms with E-state index in [0.29, 0.717) is 0 Å². The van der Waals surface area contributed by atoms with Crippen molar-refractivity contribution < 1.29 is 34.5 Å². The van der Waals surface area contributed by atoms with Crippen LogP contribution in [0, 0.1) is 0 Å². The van der Waals surface area contributed by atoms with Crippen LogP contribution in [0.1, 0.15) is 12.0 Å². The second kappa shape index (κ2) is 10.4. The zero-order valence-corrected chi connectivity index (χ0v) is 14.6. The summed E-state index contributed by atoms with van der Waals surface area (Å²) in [5, 5.41) is 30.1. The molecule has 0 spiro atoms. The Morgan fingerprint density at radius 1 is 0.962 bits per heavy atom. The number of benzene rings is 1. The van der Waals surface area contributed by atoms with Crippen molar-refractivity contribution in [3.63, 3.8) is 0 Å². The molecule has 0 heterocycles. The van der Waals surface area contributed by atoms with Gasteiger partial charge in [-0.1, -0.05) is 30.3 Å². The minimum atomic E-state index is -1.60. The highest BCUT2D eigenvalue weighted by Crippen LogP contribution is 2.08. The number of carboxylic acids is 2. The molecule has 26 heavy (non-hydrogen) atoms. The second-order valence-electron chi connectivity index (χ2n) is 5.45. The number of carbonyl (C=O) groups excluding carboxylic acids is 2. The normalized spacial score (nSPS) is 13.9. The smallest absolute Gasteiger partial charge is 0.328 e. The molecule has 0 fully saturated rings. The van der Waals surface area contributed by atoms with Gasteiger partial charge in [-0.3, -0.25) is 14.4 Å². The third kappa shape index (κ3) is 7.11. The second-order valence-corrected chi connectivity index (χ2v) is 6.07. The van der Waals surface area contributed by atoms with Gasteiger partial charge in [0.25, 0.3) is 0 Å². The molecule has 0 aliphatic carbocycles. The van der Waals surface area contributed by atoms with Crippen molar-refractivity contribution in [2.75, 3.05) is 6.61 Å². The van der Waals surface area contributed by atoms with Crippen molar-refractivity contribution in [1.29, 1.82) is 0 Å². The summed E-state index contributed by atoms with van der Waals surface area (Å²) in [6.07, 6.45) is -0.493. The molecule has 1 rings (SSSR count). The van der Waals surface area contributed by atoms with Crippen molar-refractivity contribution in [2.45, 2.75) is 30.2 Å². The van der Waals surface area contributed by atoms with E-state index in [1.807, 2.05) is 11.4 Å². The minimum absolute atomic E-state index is 0.256. The van der Waals surface area contributed by atoms with Crippen LogP contribution >= 0.6 is 12.6 Å². The molecule has 142 valence electrons. The molecule has 2 amide bonds. The summed E-state index contributed by atoms with van der Waals surface area (Å²) in [5.74, 6) is -4.55. The molecule has 0 aliphatic rings. The summed E-state index contributed by atoms with van der Waals surface area (Å²) in [7, 11) is 0. The quantitative estimate of drug-likeness (QED) is 0.284. The largest absolute Gasteiger partial charge is 0.481 e. The number of hydrogen-bond donors (Lipinski definition) is 6. The lowest BCUT2D eigenvalue weighted by molar-refractivity contribution is -0.144. The molecule has 2 unspecified atom stereocenters. The number of carbonyl (C=O) groups is 4. The number of rotatable bonds is 10. The number of hydrogen-bond acceptors (Lipinski definition) is 6. The molecule has 0 aromatic heterocycles. The molecular formula is C16H20N2O7S. The maximum absolute atomic E-state index is 12.2. The molecule has 1 aromatic rings. The Kier molecular flexibility index (Phi) is 8.59. The Morgan fingerprint density at radius 2 is 1.54 bits per heavy atom. The third-order valence-corrected chi connectivity index (χ3v) is 3.80. The summed E-state index contributed by atoms with van der Waals surface area (Å²) in [4.78, 5) is 46.1. The van der Waals surface area contributed by atoms with Gasteiger partial charge in [-0.25, -0.2) is 4.79 Å². The zero-order chi connectivity index (χ0) is 19.7. The van der Waals surface area contributed by atoms with Crippen LogP contribution in [0.5, 0.6) is 0 Å². The predicted octanol–water partition coefficient (Wildman–Crippen LogP) is -0.951. The monoisotopic (exact) mass is 384 g/mol. The van der Waals surface area contributed by atoms with Crippen molar-refractivity contribution in [1.82, 2.24) is 10.6 Å².